The van der Waals surface area contributed by atoms with Gasteiger partial charge >= 0.3 is 0 Å². The average molecular weight is 291 g/mol. The fourth-order valence-electron chi connectivity index (χ4n) is 1.14. The van der Waals surface area contributed by atoms with Crippen molar-refractivity contribution in [3.63, 3.8) is 0 Å². The highest BCUT2D eigenvalue weighted by atomic mass is 79.9. The first-order chi connectivity index (χ1) is 7.13. The molecule has 84 valence electrons. The van der Waals surface area contributed by atoms with Gasteiger partial charge < -0.3 is 11.1 Å². The van der Waals surface area contributed by atoms with Crippen LogP contribution in [0.1, 0.15) is 6.92 Å². The SMILES string of the molecule is CCS(=O)CCNc1ccc(Br)cc1N. The highest BCUT2D eigenvalue weighted by molar-refractivity contribution is 9.10. The van der Waals surface area contributed by atoms with Gasteiger partial charge in [0.05, 0.1) is 11.4 Å². The second kappa shape index (κ2) is 6.12. The Balaban J connectivity index is 2.47. The highest BCUT2D eigenvalue weighted by Crippen LogP contribution is 2.22. The zero-order valence-electron chi connectivity index (χ0n) is 8.63. The standard InChI is InChI=1S/C10H15BrN2OS/c1-2-15(14)6-5-13-10-4-3-8(11)7-9(10)12/h3-4,7,13H,2,5-6,12H2,1H3. The number of benzene rings is 1. The summed E-state index contributed by atoms with van der Waals surface area (Å²) in [7, 11) is -0.724. The van der Waals surface area contributed by atoms with E-state index in [0.717, 1.165) is 10.2 Å². The van der Waals surface area contributed by atoms with Crippen LogP contribution in [-0.4, -0.2) is 22.3 Å². The van der Waals surface area contributed by atoms with Crippen molar-refractivity contribution in [2.45, 2.75) is 6.92 Å². The van der Waals surface area contributed by atoms with Crippen molar-refractivity contribution in [2.24, 2.45) is 0 Å². The zero-order chi connectivity index (χ0) is 11.3. The Labute approximate surface area is 101 Å². The summed E-state index contributed by atoms with van der Waals surface area (Å²) in [5.74, 6) is 1.36. The Morgan fingerprint density at radius 2 is 2.27 bits per heavy atom. The van der Waals surface area contributed by atoms with Gasteiger partial charge in [-0.15, -0.1) is 0 Å². The summed E-state index contributed by atoms with van der Waals surface area (Å²) >= 11 is 3.34. The van der Waals surface area contributed by atoms with Crippen molar-refractivity contribution in [3.05, 3.63) is 22.7 Å². The van der Waals surface area contributed by atoms with Crippen molar-refractivity contribution < 1.29 is 4.21 Å². The number of nitrogens with one attached hydrogen (secondary N) is 1. The van der Waals surface area contributed by atoms with Crippen molar-refractivity contribution in [2.75, 3.05) is 29.1 Å². The molecule has 1 aromatic rings. The molecule has 0 aliphatic heterocycles. The van der Waals surface area contributed by atoms with E-state index in [-0.39, 0.29) is 0 Å². The van der Waals surface area contributed by atoms with Gasteiger partial charge in [0.15, 0.2) is 0 Å². The van der Waals surface area contributed by atoms with Crippen molar-refractivity contribution in [1.82, 2.24) is 0 Å². The molecule has 0 amide bonds. The first kappa shape index (κ1) is 12.5. The molecule has 0 saturated carbocycles. The smallest absolute Gasteiger partial charge is 0.0575 e. The van der Waals surface area contributed by atoms with Crippen LogP contribution in [-0.2, 0) is 10.8 Å². The lowest BCUT2D eigenvalue weighted by Gasteiger charge is -2.08. The number of halogens is 1. The summed E-state index contributed by atoms with van der Waals surface area (Å²) in [6, 6.07) is 5.68. The maximum Gasteiger partial charge on any atom is 0.0575 e. The summed E-state index contributed by atoms with van der Waals surface area (Å²) in [5.41, 5.74) is 7.40. The minimum Gasteiger partial charge on any atom is -0.397 e. The first-order valence-corrected chi connectivity index (χ1v) is 7.05. The second-order valence-electron chi connectivity index (χ2n) is 3.09. The molecule has 0 radical (unpaired) electrons. The van der Waals surface area contributed by atoms with E-state index in [0.29, 0.717) is 23.7 Å². The highest BCUT2D eigenvalue weighted by Gasteiger charge is 2.00. The minimum absolute atomic E-state index is 0.659. The third-order valence-electron chi connectivity index (χ3n) is 1.98. The average Bonchev–Trinajstić information content (AvgIpc) is 2.21. The molecule has 0 spiro atoms. The molecule has 0 aliphatic carbocycles. The van der Waals surface area contributed by atoms with E-state index in [1.54, 1.807) is 0 Å². The van der Waals surface area contributed by atoms with Crippen LogP contribution in [0.2, 0.25) is 0 Å². The molecule has 1 unspecified atom stereocenters. The zero-order valence-corrected chi connectivity index (χ0v) is 11.0. The Hall–Kier alpha value is -0.550. The van der Waals surface area contributed by atoms with Gasteiger partial charge in [0.1, 0.15) is 0 Å². The molecule has 1 rings (SSSR count). The lowest BCUT2D eigenvalue weighted by Crippen LogP contribution is -2.12. The molecule has 3 nitrogen and oxygen atoms in total. The number of hydrogen-bond acceptors (Lipinski definition) is 3. The largest absolute Gasteiger partial charge is 0.397 e. The summed E-state index contributed by atoms with van der Waals surface area (Å²) in [4.78, 5) is 0. The summed E-state index contributed by atoms with van der Waals surface area (Å²) in [6.07, 6.45) is 0. The van der Waals surface area contributed by atoms with Crippen LogP contribution in [0.5, 0.6) is 0 Å². The van der Waals surface area contributed by atoms with Crippen LogP contribution in [0.4, 0.5) is 11.4 Å². The fraction of sp³-hybridized carbons (Fsp3) is 0.400. The molecule has 0 heterocycles. The molecule has 0 saturated heterocycles. The molecular weight excluding hydrogens is 276 g/mol. The summed E-state index contributed by atoms with van der Waals surface area (Å²) < 4.78 is 12.1. The van der Waals surface area contributed by atoms with Gasteiger partial charge in [0.25, 0.3) is 0 Å². The van der Waals surface area contributed by atoms with Crippen LogP contribution < -0.4 is 11.1 Å². The Morgan fingerprint density at radius 1 is 1.53 bits per heavy atom. The summed E-state index contributed by atoms with van der Waals surface area (Å²) in [5, 5.41) is 3.17. The number of anilines is 2. The van der Waals surface area contributed by atoms with Crippen LogP contribution in [0, 0.1) is 0 Å². The predicted molar refractivity (Wildman–Crippen MR) is 70.6 cm³/mol. The first-order valence-electron chi connectivity index (χ1n) is 4.77. The molecule has 15 heavy (non-hydrogen) atoms. The third-order valence-corrected chi connectivity index (χ3v) is 3.78. The van der Waals surface area contributed by atoms with E-state index in [9.17, 15) is 4.21 Å². The molecule has 5 heteroatoms. The van der Waals surface area contributed by atoms with E-state index in [4.69, 9.17) is 5.73 Å². The quantitative estimate of drug-likeness (QED) is 0.818. The van der Waals surface area contributed by atoms with E-state index in [2.05, 4.69) is 21.2 Å². The van der Waals surface area contributed by atoms with Crippen LogP contribution in [0.25, 0.3) is 0 Å². The normalized spacial score (nSPS) is 12.4. The van der Waals surface area contributed by atoms with Crippen LogP contribution >= 0.6 is 15.9 Å². The van der Waals surface area contributed by atoms with E-state index in [1.807, 2.05) is 25.1 Å². The maximum atomic E-state index is 11.2. The lowest BCUT2D eigenvalue weighted by atomic mass is 10.3. The maximum absolute atomic E-state index is 11.2. The Morgan fingerprint density at radius 3 is 2.87 bits per heavy atom. The molecule has 0 fully saturated rings. The Bertz CT molecular complexity index is 357. The van der Waals surface area contributed by atoms with E-state index >= 15 is 0 Å². The number of hydrogen-bond donors (Lipinski definition) is 2. The fourth-order valence-corrected chi connectivity index (χ4v) is 2.14. The molecule has 0 aromatic heterocycles. The van der Waals surface area contributed by atoms with Crippen molar-refractivity contribution in [3.8, 4) is 0 Å². The number of nitrogen functional groups attached to an aromatic ring is 1. The van der Waals surface area contributed by atoms with Crippen LogP contribution in [0.15, 0.2) is 22.7 Å². The van der Waals surface area contributed by atoms with E-state index < -0.39 is 10.8 Å². The molecule has 0 aliphatic rings. The topological polar surface area (TPSA) is 55.1 Å². The van der Waals surface area contributed by atoms with Crippen molar-refractivity contribution >= 4 is 38.1 Å². The van der Waals surface area contributed by atoms with Gasteiger partial charge in [-0.25, -0.2) is 0 Å². The summed E-state index contributed by atoms with van der Waals surface area (Å²) in [6.45, 7) is 2.61. The Kier molecular flexibility index (Phi) is 5.11. The molecule has 0 bridgehead atoms. The van der Waals surface area contributed by atoms with Gasteiger partial charge in [-0.05, 0) is 18.2 Å². The third kappa shape index (κ3) is 4.22. The number of rotatable bonds is 5. The molecule has 1 aromatic carbocycles. The minimum atomic E-state index is -0.724. The van der Waals surface area contributed by atoms with Gasteiger partial charge in [0, 0.05) is 33.3 Å². The van der Waals surface area contributed by atoms with Crippen molar-refractivity contribution in [1.29, 1.82) is 0 Å². The van der Waals surface area contributed by atoms with Crippen LogP contribution in [0.3, 0.4) is 0 Å². The van der Waals surface area contributed by atoms with Gasteiger partial charge in [-0.1, -0.05) is 22.9 Å². The van der Waals surface area contributed by atoms with Gasteiger partial charge in [0.2, 0.25) is 0 Å². The number of nitrogens with two attached hydrogens (primary N) is 1. The molecule has 3 N–H and O–H groups in total. The van der Waals surface area contributed by atoms with E-state index in [1.165, 1.54) is 0 Å². The van der Waals surface area contributed by atoms with Gasteiger partial charge in [-0.3, -0.25) is 4.21 Å². The molecule has 1 atom stereocenters. The monoisotopic (exact) mass is 290 g/mol. The predicted octanol–water partition coefficient (Wildman–Crippen LogP) is 2.21. The van der Waals surface area contributed by atoms with Gasteiger partial charge in [-0.2, -0.15) is 0 Å². The lowest BCUT2D eigenvalue weighted by molar-refractivity contribution is 0.684. The molecular formula is C10H15BrN2OS. The second-order valence-corrected chi connectivity index (χ2v) is 5.87.